The molecule has 0 saturated heterocycles. The molecule has 1 heterocycles. The maximum Gasteiger partial charge on any atom is 2.00 e. The fraction of sp³-hybridized carbons (Fsp3) is 0.412. The van der Waals surface area contributed by atoms with Crippen LogP contribution < -0.4 is 0 Å². The first-order valence-electron chi connectivity index (χ1n) is 7.31. The molecule has 0 amide bonds. The summed E-state index contributed by atoms with van der Waals surface area (Å²) < 4.78 is 1.94. The van der Waals surface area contributed by atoms with Crippen LogP contribution in [0.3, 0.4) is 0 Å². The standard InChI is InChI=1S/C17H19N3.U/c1-2-3-4-10-20-16-7-6-15(11-14(16)12-19-20)17(13-18)8-5-9-17;/h6-7,10-12H,1-5,8-9H2;/q-2;+2. The van der Waals surface area contributed by atoms with Crippen molar-refractivity contribution < 1.29 is 31.1 Å². The van der Waals surface area contributed by atoms with Crippen LogP contribution in [0.2, 0.25) is 0 Å². The van der Waals surface area contributed by atoms with Gasteiger partial charge < -0.3 is 11.6 Å². The number of aromatic nitrogens is 2. The average Bonchev–Trinajstić information content (AvgIpc) is 2.81. The zero-order valence-electron chi connectivity index (χ0n) is 12.2. The van der Waals surface area contributed by atoms with E-state index in [1.54, 1.807) is 0 Å². The van der Waals surface area contributed by atoms with E-state index in [0.29, 0.717) is 0 Å². The smallest absolute Gasteiger partial charge is 0.398 e. The molecule has 0 radical (unpaired) electrons. The van der Waals surface area contributed by atoms with Crippen LogP contribution in [0.4, 0.5) is 0 Å². The first kappa shape index (κ1) is 16.5. The molecule has 2 aromatic rings. The van der Waals surface area contributed by atoms with Crippen molar-refractivity contribution in [3.63, 3.8) is 0 Å². The second kappa shape index (κ2) is 6.91. The van der Waals surface area contributed by atoms with Gasteiger partial charge in [-0.1, -0.05) is 35.9 Å². The zero-order valence-corrected chi connectivity index (χ0v) is 16.3. The third-order valence-corrected chi connectivity index (χ3v) is 4.33. The van der Waals surface area contributed by atoms with Gasteiger partial charge in [0.05, 0.1) is 11.5 Å². The van der Waals surface area contributed by atoms with Gasteiger partial charge in [-0.15, -0.1) is 12.6 Å². The topological polar surface area (TPSA) is 41.6 Å². The molecular weight excluding hydrogens is 484 g/mol. The molecule has 1 aliphatic carbocycles. The van der Waals surface area contributed by atoms with Crippen molar-refractivity contribution in [3.05, 3.63) is 43.4 Å². The van der Waals surface area contributed by atoms with Gasteiger partial charge in [-0.3, -0.25) is 0 Å². The monoisotopic (exact) mass is 503 g/mol. The molecule has 1 saturated carbocycles. The molecule has 4 heteroatoms. The van der Waals surface area contributed by atoms with Gasteiger partial charge in [-0.25, -0.2) is 5.10 Å². The van der Waals surface area contributed by atoms with Crippen molar-refractivity contribution in [2.24, 2.45) is 0 Å². The van der Waals surface area contributed by atoms with Gasteiger partial charge >= 0.3 is 31.1 Å². The van der Waals surface area contributed by atoms with E-state index in [1.807, 2.05) is 10.9 Å². The Morgan fingerprint density at radius 1 is 1.43 bits per heavy atom. The first-order valence-corrected chi connectivity index (χ1v) is 7.31. The third kappa shape index (κ3) is 3.01. The quantitative estimate of drug-likeness (QED) is 0.458. The molecule has 3 rings (SSSR count). The maximum atomic E-state index is 9.43. The molecule has 0 N–H and O–H groups in total. The number of fused-ring (bicyclic) bond motifs is 1. The van der Waals surface area contributed by atoms with Gasteiger partial charge in [0.15, 0.2) is 0 Å². The van der Waals surface area contributed by atoms with Crippen LogP contribution in [-0.4, -0.2) is 9.78 Å². The summed E-state index contributed by atoms with van der Waals surface area (Å²) in [5, 5.41) is 15.0. The minimum Gasteiger partial charge on any atom is -0.398 e. The summed E-state index contributed by atoms with van der Waals surface area (Å²) in [5.41, 5.74) is 2.02. The van der Waals surface area contributed by atoms with E-state index < -0.39 is 0 Å². The molecule has 0 unspecified atom stereocenters. The fourth-order valence-electron chi connectivity index (χ4n) is 2.85. The van der Waals surface area contributed by atoms with Crippen LogP contribution in [0.1, 0.15) is 44.1 Å². The Bertz CT molecular complexity index is 650. The molecule has 1 aromatic heterocycles. The van der Waals surface area contributed by atoms with E-state index in [1.165, 1.54) is 0 Å². The van der Waals surface area contributed by atoms with E-state index in [4.69, 9.17) is 0 Å². The molecule has 1 aromatic carbocycles. The molecule has 0 atom stereocenters. The predicted octanol–water partition coefficient (Wildman–Crippen LogP) is 4.00. The van der Waals surface area contributed by atoms with E-state index in [0.717, 1.165) is 55.0 Å². The molecule has 106 valence electrons. The fourth-order valence-corrected chi connectivity index (χ4v) is 2.85. The average molecular weight is 503 g/mol. The van der Waals surface area contributed by atoms with Gasteiger partial charge in [-0.2, -0.15) is 11.7 Å². The molecule has 3 nitrogen and oxygen atoms in total. The van der Waals surface area contributed by atoms with Crippen LogP contribution in [0.15, 0.2) is 24.4 Å². The number of nitriles is 1. The maximum absolute atomic E-state index is 9.43. The van der Waals surface area contributed by atoms with Crippen molar-refractivity contribution in [2.45, 2.75) is 43.9 Å². The minimum absolute atomic E-state index is 0. The molecule has 0 bridgehead atoms. The Balaban J connectivity index is 0.00000161. The number of hydrogen-bond donors (Lipinski definition) is 0. The largest absolute Gasteiger partial charge is 2.00 e. The summed E-state index contributed by atoms with van der Waals surface area (Å²) >= 11 is 0. The van der Waals surface area contributed by atoms with Gasteiger partial charge in [0.25, 0.3) is 0 Å². The second-order valence-corrected chi connectivity index (χ2v) is 5.59. The summed E-state index contributed by atoms with van der Waals surface area (Å²) in [6, 6.07) is 8.83. The number of unbranched alkanes of at least 4 members (excludes halogenated alkanes) is 2. The molecule has 0 spiro atoms. The van der Waals surface area contributed by atoms with Crippen molar-refractivity contribution >= 4 is 10.9 Å². The summed E-state index contributed by atoms with van der Waals surface area (Å²) in [5.74, 6) is 0. The molecular formula is C17H19N3U. The van der Waals surface area contributed by atoms with Gasteiger partial charge in [0.2, 0.25) is 0 Å². The number of hydrogen-bond acceptors (Lipinski definition) is 2. The van der Waals surface area contributed by atoms with Gasteiger partial charge in [0, 0.05) is 6.20 Å². The SMILES string of the molecule is [CH2-]CCC[CH-]n1ncc2cc(C3(C#N)CCC3)ccc21.[U+2]. The van der Waals surface area contributed by atoms with Gasteiger partial charge in [-0.05, 0) is 24.8 Å². The molecule has 0 aliphatic heterocycles. The Labute approximate surface area is 150 Å². The van der Waals surface area contributed by atoms with Crippen LogP contribution in [0.5, 0.6) is 0 Å². The Hall–Kier alpha value is -0.898. The third-order valence-electron chi connectivity index (χ3n) is 4.33. The Kier molecular flexibility index (Phi) is 5.42. The number of benzene rings is 1. The summed E-state index contributed by atoms with van der Waals surface area (Å²) in [6.45, 7) is 5.96. The summed E-state index contributed by atoms with van der Waals surface area (Å²) in [4.78, 5) is 0. The van der Waals surface area contributed by atoms with E-state index in [9.17, 15) is 5.26 Å². The van der Waals surface area contributed by atoms with E-state index in [2.05, 4.69) is 42.8 Å². The molecule has 1 fully saturated rings. The van der Waals surface area contributed by atoms with Crippen molar-refractivity contribution in [2.75, 3.05) is 0 Å². The minimum atomic E-state index is -0.242. The normalized spacial score (nSPS) is 15.8. The van der Waals surface area contributed by atoms with Crippen molar-refractivity contribution in [3.8, 4) is 6.07 Å². The van der Waals surface area contributed by atoms with Crippen molar-refractivity contribution in [1.29, 1.82) is 5.26 Å². The van der Waals surface area contributed by atoms with E-state index in [-0.39, 0.29) is 36.5 Å². The van der Waals surface area contributed by atoms with Crippen LogP contribution >= 0.6 is 0 Å². The Morgan fingerprint density at radius 2 is 2.24 bits per heavy atom. The van der Waals surface area contributed by atoms with Crippen LogP contribution in [0, 0.1) is 55.9 Å². The molecule has 1 aliphatic rings. The summed E-state index contributed by atoms with van der Waals surface area (Å²) in [6.07, 6.45) is 8.04. The van der Waals surface area contributed by atoms with Crippen LogP contribution in [0.25, 0.3) is 10.9 Å². The zero-order chi connectivity index (χ0) is 14.0. The summed E-state index contributed by atoms with van der Waals surface area (Å²) in [7, 11) is 0. The molecule has 21 heavy (non-hydrogen) atoms. The predicted molar refractivity (Wildman–Crippen MR) is 79.8 cm³/mol. The number of rotatable bonds is 5. The van der Waals surface area contributed by atoms with Crippen molar-refractivity contribution in [1.82, 2.24) is 9.78 Å². The number of nitrogens with zero attached hydrogens (tertiary/aromatic N) is 3. The van der Waals surface area contributed by atoms with E-state index >= 15 is 0 Å². The van der Waals surface area contributed by atoms with Gasteiger partial charge in [0.1, 0.15) is 0 Å². The first-order chi connectivity index (χ1) is 9.79. The van der Waals surface area contributed by atoms with Crippen LogP contribution in [-0.2, 0) is 5.41 Å². The Morgan fingerprint density at radius 3 is 2.86 bits per heavy atom. The second-order valence-electron chi connectivity index (χ2n) is 5.59.